The summed E-state index contributed by atoms with van der Waals surface area (Å²) in [5, 5.41) is 6.69. The van der Waals surface area contributed by atoms with Crippen molar-refractivity contribution in [3.8, 4) is 0 Å². The Kier molecular flexibility index (Phi) is 39.9. The van der Waals surface area contributed by atoms with Crippen LogP contribution in [0, 0.1) is 0 Å². The number of carbonyl (C=O) groups excluding carboxylic acids is 2. The molecule has 0 aromatic rings. The number of carboxylic acids is 1. The average molecular weight is 445 g/mol. The predicted octanol–water partition coefficient (Wildman–Crippen LogP) is 3.02. The molecule has 10 heteroatoms. The Morgan fingerprint density at radius 2 is 1.27 bits per heavy atom. The maximum atomic E-state index is 10.9. The van der Waals surface area contributed by atoms with Gasteiger partial charge in [-0.3, -0.25) is 14.4 Å². The summed E-state index contributed by atoms with van der Waals surface area (Å²) >= 11 is 6.93. The fourth-order valence-electron chi connectivity index (χ4n) is 1.00. The largest absolute Gasteiger partial charge is 0.481 e. The second-order valence-corrected chi connectivity index (χ2v) is 4.66. The standard InChI is InChI=1S/C9H19NOS.C2H4O2.CH3NOS.Cu.Mn/c1-3-5-7-10(9(11)12)8-6-4-2;1-2(3)4;2-1(3)4;;/h3-8H2,1-2H3,(H,11,12);1H3,(H,3,4);(H3,2,3,4);;. The molecular formula is C12H26CuMnN2O4S2. The second kappa shape index (κ2) is 26.1. The first-order valence-electron chi connectivity index (χ1n) is 6.34. The zero-order chi connectivity index (χ0) is 16.6. The van der Waals surface area contributed by atoms with Crippen molar-refractivity contribution in [1.29, 1.82) is 0 Å². The molecule has 0 atom stereocenters. The van der Waals surface area contributed by atoms with Crippen molar-refractivity contribution in [2.45, 2.75) is 46.5 Å². The molecule has 0 spiro atoms. The zero-order valence-electron chi connectivity index (χ0n) is 13.0. The molecule has 6 nitrogen and oxygen atoms in total. The minimum Gasteiger partial charge on any atom is -0.481 e. The van der Waals surface area contributed by atoms with Gasteiger partial charge in [-0.15, -0.1) is 0 Å². The topological polar surface area (TPSA) is 101 Å². The monoisotopic (exact) mass is 444 g/mol. The number of amides is 2. The molecule has 0 fully saturated rings. The minimum absolute atomic E-state index is 0. The van der Waals surface area contributed by atoms with Crippen molar-refractivity contribution >= 4 is 41.7 Å². The number of carbonyl (C=O) groups is 3. The third kappa shape index (κ3) is 50.1. The van der Waals surface area contributed by atoms with Gasteiger partial charge in [-0.1, -0.05) is 51.9 Å². The molecule has 22 heavy (non-hydrogen) atoms. The molecule has 0 heterocycles. The van der Waals surface area contributed by atoms with E-state index in [1.54, 1.807) is 0 Å². The van der Waals surface area contributed by atoms with Crippen LogP contribution in [0.4, 0.5) is 9.59 Å². The van der Waals surface area contributed by atoms with Crippen LogP contribution in [-0.4, -0.2) is 39.5 Å². The maximum Gasteiger partial charge on any atom is 0.300 e. The van der Waals surface area contributed by atoms with Crippen LogP contribution in [0.1, 0.15) is 46.5 Å². The van der Waals surface area contributed by atoms with Crippen LogP contribution in [0.15, 0.2) is 0 Å². The van der Waals surface area contributed by atoms with E-state index in [-0.39, 0.29) is 39.4 Å². The maximum absolute atomic E-state index is 10.9. The van der Waals surface area contributed by atoms with E-state index in [9.17, 15) is 4.79 Å². The van der Waals surface area contributed by atoms with Gasteiger partial charge in [0.1, 0.15) is 0 Å². The number of nitrogens with zero attached hydrogens (tertiary/aromatic N) is 1. The summed E-state index contributed by atoms with van der Waals surface area (Å²) in [5.41, 5.74) is 4.34. The SMILES string of the molecule is CC(=O)O.CCCCN(CCCC)C(=O)S.NC(=O)S.[Cu].[Mn]. The molecule has 0 saturated carbocycles. The Morgan fingerprint density at radius 1 is 1.05 bits per heavy atom. The summed E-state index contributed by atoms with van der Waals surface area (Å²) in [6.45, 7) is 7.06. The first-order valence-corrected chi connectivity index (χ1v) is 7.24. The van der Waals surface area contributed by atoms with Gasteiger partial charge in [0, 0.05) is 54.2 Å². The molecule has 0 aliphatic rings. The fourth-order valence-corrected chi connectivity index (χ4v) is 1.20. The number of primary amides is 1. The molecule has 2 radical (unpaired) electrons. The molecule has 0 aliphatic heterocycles. The van der Waals surface area contributed by atoms with Crippen LogP contribution in [0.2, 0.25) is 0 Å². The van der Waals surface area contributed by atoms with Crippen molar-refractivity contribution in [1.82, 2.24) is 4.90 Å². The van der Waals surface area contributed by atoms with Crippen molar-refractivity contribution < 1.29 is 53.6 Å². The van der Waals surface area contributed by atoms with Crippen molar-refractivity contribution in [2.75, 3.05) is 13.1 Å². The van der Waals surface area contributed by atoms with Gasteiger partial charge < -0.3 is 15.7 Å². The van der Waals surface area contributed by atoms with Gasteiger partial charge in [-0.25, -0.2) is 0 Å². The molecule has 0 aliphatic carbocycles. The van der Waals surface area contributed by atoms with Crippen LogP contribution >= 0.6 is 25.3 Å². The van der Waals surface area contributed by atoms with E-state index >= 15 is 0 Å². The Hall–Kier alpha value is 0.149. The van der Waals surface area contributed by atoms with E-state index in [0.29, 0.717) is 0 Å². The summed E-state index contributed by atoms with van der Waals surface area (Å²) in [4.78, 5) is 30.8. The number of carboxylic acid groups (broad SMARTS) is 1. The second-order valence-electron chi connectivity index (χ2n) is 3.83. The van der Waals surface area contributed by atoms with Gasteiger partial charge in [-0.2, -0.15) is 0 Å². The molecule has 138 valence electrons. The van der Waals surface area contributed by atoms with E-state index < -0.39 is 11.2 Å². The third-order valence-electron chi connectivity index (χ3n) is 1.83. The summed E-state index contributed by atoms with van der Waals surface area (Å²) in [5.74, 6) is -0.833. The normalized spacial score (nSPS) is 7.68. The van der Waals surface area contributed by atoms with E-state index in [1.165, 1.54) is 0 Å². The molecule has 2 amide bonds. The van der Waals surface area contributed by atoms with Crippen molar-refractivity contribution in [3.63, 3.8) is 0 Å². The Balaban J connectivity index is -0.0000000812. The molecule has 0 rings (SSSR count). The Labute approximate surface area is 165 Å². The van der Waals surface area contributed by atoms with Crippen LogP contribution in [0.3, 0.4) is 0 Å². The van der Waals surface area contributed by atoms with E-state index in [0.717, 1.165) is 45.7 Å². The minimum atomic E-state index is -0.833. The van der Waals surface area contributed by atoms with Crippen LogP contribution < -0.4 is 5.73 Å². The molecule has 3 N–H and O–H groups in total. The molecular weight excluding hydrogens is 419 g/mol. The van der Waals surface area contributed by atoms with Gasteiger partial charge in [0.2, 0.25) is 0 Å². The average Bonchev–Trinajstić information content (AvgIpc) is 2.27. The van der Waals surface area contributed by atoms with Gasteiger partial charge >= 0.3 is 0 Å². The zero-order valence-corrected chi connectivity index (χ0v) is 16.9. The van der Waals surface area contributed by atoms with Gasteiger partial charge in [-0.05, 0) is 12.8 Å². The first kappa shape index (κ1) is 33.7. The number of nitrogens with two attached hydrogens (primary N) is 1. The number of thiol groups is 2. The molecule has 0 aromatic carbocycles. The summed E-state index contributed by atoms with van der Waals surface area (Å²) in [6, 6.07) is 0. The Morgan fingerprint density at radius 3 is 1.41 bits per heavy atom. The summed E-state index contributed by atoms with van der Waals surface area (Å²) in [7, 11) is 0. The van der Waals surface area contributed by atoms with Crippen molar-refractivity contribution in [2.24, 2.45) is 5.73 Å². The number of unbranched alkanes of at least 4 members (excludes halogenated alkanes) is 2. The van der Waals surface area contributed by atoms with Crippen molar-refractivity contribution in [3.05, 3.63) is 0 Å². The molecule has 0 unspecified atom stereocenters. The predicted molar refractivity (Wildman–Crippen MR) is 87.7 cm³/mol. The van der Waals surface area contributed by atoms with Gasteiger partial charge in [0.05, 0.1) is 0 Å². The van der Waals surface area contributed by atoms with Crippen LogP contribution in [-0.2, 0) is 38.9 Å². The smallest absolute Gasteiger partial charge is 0.300 e. The van der Waals surface area contributed by atoms with E-state index in [2.05, 4.69) is 44.8 Å². The van der Waals surface area contributed by atoms with E-state index in [4.69, 9.17) is 14.7 Å². The van der Waals surface area contributed by atoms with Gasteiger partial charge in [0.25, 0.3) is 16.4 Å². The van der Waals surface area contributed by atoms with E-state index in [1.807, 2.05) is 4.90 Å². The summed E-state index contributed by atoms with van der Waals surface area (Å²) in [6.07, 6.45) is 4.42. The van der Waals surface area contributed by atoms with Crippen LogP contribution in [0.25, 0.3) is 0 Å². The Bertz CT molecular complexity index is 260. The first-order chi connectivity index (χ1) is 9.18. The number of rotatable bonds is 6. The molecule has 0 bridgehead atoms. The molecule has 0 saturated heterocycles. The van der Waals surface area contributed by atoms with Gasteiger partial charge in [0.15, 0.2) is 0 Å². The number of hydrogen-bond donors (Lipinski definition) is 4. The third-order valence-corrected chi connectivity index (χ3v) is 2.12. The molecule has 0 aromatic heterocycles. The summed E-state index contributed by atoms with van der Waals surface area (Å²) < 4.78 is 0. The quantitative estimate of drug-likeness (QED) is 0.373. The fraction of sp³-hybridized carbons (Fsp3) is 0.750. The van der Waals surface area contributed by atoms with Crippen LogP contribution in [0.5, 0.6) is 0 Å². The number of hydrogen-bond acceptors (Lipinski definition) is 3. The number of aliphatic carboxylic acids is 1.